The molecule has 0 amide bonds. The second kappa shape index (κ2) is 8.10. The summed E-state index contributed by atoms with van der Waals surface area (Å²) >= 11 is 0. The van der Waals surface area contributed by atoms with E-state index in [1.807, 2.05) is 30.3 Å². The third-order valence-electron chi connectivity index (χ3n) is 3.46. The van der Waals surface area contributed by atoms with Gasteiger partial charge in [0.05, 0.1) is 17.7 Å². The van der Waals surface area contributed by atoms with Crippen LogP contribution in [0.4, 0.5) is 0 Å². The van der Waals surface area contributed by atoms with Gasteiger partial charge in [0.15, 0.2) is 0 Å². The fourth-order valence-corrected chi connectivity index (χ4v) is 2.37. The van der Waals surface area contributed by atoms with E-state index in [0.29, 0.717) is 31.6 Å². The molecule has 0 aliphatic heterocycles. The number of carboxylic acids is 2. The maximum atomic E-state index is 11.2. The zero-order valence-electron chi connectivity index (χ0n) is 12.6. The van der Waals surface area contributed by atoms with Gasteiger partial charge in [0, 0.05) is 6.61 Å². The van der Waals surface area contributed by atoms with Crippen LogP contribution in [0.15, 0.2) is 48.5 Å². The van der Waals surface area contributed by atoms with Gasteiger partial charge in [0.2, 0.25) is 0 Å². The summed E-state index contributed by atoms with van der Waals surface area (Å²) in [7, 11) is 0. The van der Waals surface area contributed by atoms with Crippen LogP contribution in [0.1, 0.15) is 38.3 Å². The molecule has 0 aliphatic carbocycles. The molecule has 0 spiro atoms. The minimum atomic E-state index is -1.12. The summed E-state index contributed by atoms with van der Waals surface area (Å²) in [6, 6.07) is 14.0. The number of ether oxygens (including phenoxy) is 1. The topological polar surface area (TPSA) is 83.8 Å². The van der Waals surface area contributed by atoms with Gasteiger partial charge in [-0.3, -0.25) is 0 Å². The lowest BCUT2D eigenvalue weighted by atomic mass is 9.97. The Labute approximate surface area is 134 Å². The summed E-state index contributed by atoms with van der Waals surface area (Å²) in [6.07, 6.45) is 0.899. The van der Waals surface area contributed by atoms with Crippen molar-refractivity contribution >= 4 is 11.9 Å². The third-order valence-corrected chi connectivity index (χ3v) is 3.46. The van der Waals surface area contributed by atoms with Gasteiger partial charge in [-0.05, 0) is 36.1 Å². The molecule has 0 unspecified atom stereocenters. The van der Waals surface area contributed by atoms with E-state index in [4.69, 9.17) is 4.74 Å². The molecule has 0 aromatic heterocycles. The average molecular weight is 314 g/mol. The Kier molecular flexibility index (Phi) is 5.88. The minimum absolute atomic E-state index is 0.0351. The molecule has 2 rings (SSSR count). The van der Waals surface area contributed by atoms with Crippen molar-refractivity contribution in [1.82, 2.24) is 0 Å². The molecular weight excluding hydrogens is 296 g/mol. The predicted molar refractivity (Wildman–Crippen MR) is 84.8 cm³/mol. The lowest BCUT2D eigenvalue weighted by Crippen LogP contribution is -2.11. The van der Waals surface area contributed by atoms with Crippen LogP contribution in [0.2, 0.25) is 0 Å². The van der Waals surface area contributed by atoms with Gasteiger partial charge in [0.1, 0.15) is 0 Å². The van der Waals surface area contributed by atoms with Gasteiger partial charge in [-0.1, -0.05) is 36.4 Å². The number of hydrogen-bond acceptors (Lipinski definition) is 3. The van der Waals surface area contributed by atoms with Gasteiger partial charge in [-0.25, -0.2) is 9.59 Å². The minimum Gasteiger partial charge on any atom is -0.478 e. The molecule has 0 saturated heterocycles. The predicted octanol–water partition coefficient (Wildman–Crippen LogP) is 3.23. The van der Waals surface area contributed by atoms with Crippen molar-refractivity contribution in [3.05, 3.63) is 70.8 Å². The second-order valence-electron chi connectivity index (χ2n) is 5.08. The van der Waals surface area contributed by atoms with E-state index >= 15 is 0 Å². The number of carboxylic acid groups (broad SMARTS) is 2. The molecule has 0 saturated carbocycles. The lowest BCUT2D eigenvalue weighted by Gasteiger charge is -2.10. The van der Waals surface area contributed by atoms with Crippen LogP contribution in [0.25, 0.3) is 0 Å². The summed E-state index contributed by atoms with van der Waals surface area (Å²) in [4.78, 5) is 22.5. The van der Waals surface area contributed by atoms with Crippen LogP contribution in [-0.2, 0) is 17.8 Å². The Bertz CT molecular complexity index is 647. The molecule has 0 fully saturated rings. The molecule has 23 heavy (non-hydrogen) atoms. The first-order valence-electron chi connectivity index (χ1n) is 7.29. The van der Waals surface area contributed by atoms with Crippen LogP contribution in [-0.4, -0.2) is 28.8 Å². The smallest absolute Gasteiger partial charge is 0.335 e. The largest absolute Gasteiger partial charge is 0.478 e. The maximum absolute atomic E-state index is 11.2. The first-order chi connectivity index (χ1) is 11.1. The van der Waals surface area contributed by atoms with Gasteiger partial charge < -0.3 is 14.9 Å². The van der Waals surface area contributed by atoms with E-state index in [9.17, 15) is 19.8 Å². The number of carbonyl (C=O) groups is 2. The zero-order valence-corrected chi connectivity index (χ0v) is 12.6. The van der Waals surface area contributed by atoms with E-state index in [1.54, 1.807) is 0 Å². The first-order valence-corrected chi connectivity index (χ1v) is 7.29. The zero-order chi connectivity index (χ0) is 16.7. The molecule has 0 atom stereocenters. The normalized spacial score (nSPS) is 10.4. The highest BCUT2D eigenvalue weighted by Crippen LogP contribution is 2.18. The van der Waals surface area contributed by atoms with Crippen molar-refractivity contribution in [2.45, 2.75) is 19.4 Å². The summed E-state index contributed by atoms with van der Waals surface area (Å²) in [5, 5.41) is 18.4. The number of aromatic carboxylic acids is 2. The molecule has 0 bridgehead atoms. The molecule has 2 aromatic carbocycles. The molecule has 0 aliphatic rings. The summed E-state index contributed by atoms with van der Waals surface area (Å²) < 4.78 is 5.55. The van der Waals surface area contributed by atoms with Crippen LogP contribution in [0.5, 0.6) is 0 Å². The number of benzene rings is 2. The van der Waals surface area contributed by atoms with Crippen molar-refractivity contribution in [2.75, 3.05) is 6.61 Å². The quantitative estimate of drug-likeness (QED) is 0.731. The van der Waals surface area contributed by atoms with Crippen molar-refractivity contribution in [2.24, 2.45) is 0 Å². The number of rotatable bonds is 8. The van der Waals surface area contributed by atoms with E-state index in [1.165, 1.54) is 18.2 Å². The molecule has 120 valence electrons. The summed E-state index contributed by atoms with van der Waals surface area (Å²) in [5.74, 6) is -2.23. The van der Waals surface area contributed by atoms with Crippen LogP contribution in [0, 0.1) is 0 Å². The van der Waals surface area contributed by atoms with Gasteiger partial charge in [0.25, 0.3) is 0 Å². The van der Waals surface area contributed by atoms with E-state index < -0.39 is 11.9 Å². The van der Waals surface area contributed by atoms with Gasteiger partial charge in [-0.2, -0.15) is 0 Å². The monoisotopic (exact) mass is 314 g/mol. The molecule has 0 radical (unpaired) electrons. The fraction of sp³-hybridized carbons (Fsp3) is 0.222. The fourth-order valence-electron chi connectivity index (χ4n) is 2.37. The molecule has 5 nitrogen and oxygen atoms in total. The van der Waals surface area contributed by atoms with Crippen LogP contribution < -0.4 is 0 Å². The Morgan fingerprint density at radius 1 is 0.870 bits per heavy atom. The van der Waals surface area contributed by atoms with E-state index in [0.717, 1.165) is 5.56 Å². The highest BCUT2D eigenvalue weighted by Gasteiger charge is 2.17. The van der Waals surface area contributed by atoms with Crippen LogP contribution >= 0.6 is 0 Å². The molecule has 2 aromatic rings. The molecular formula is C18H18O5. The Hall–Kier alpha value is -2.66. The summed E-state index contributed by atoms with van der Waals surface area (Å²) in [5.41, 5.74) is 1.47. The third kappa shape index (κ3) is 4.66. The Morgan fingerprint density at radius 2 is 1.48 bits per heavy atom. The Morgan fingerprint density at radius 3 is 2.04 bits per heavy atom. The Balaban J connectivity index is 1.94. The van der Waals surface area contributed by atoms with E-state index in [-0.39, 0.29) is 11.1 Å². The van der Waals surface area contributed by atoms with Crippen LogP contribution in [0.3, 0.4) is 0 Å². The average Bonchev–Trinajstić information content (AvgIpc) is 2.55. The first kappa shape index (κ1) is 16.7. The van der Waals surface area contributed by atoms with Crippen molar-refractivity contribution < 1.29 is 24.5 Å². The van der Waals surface area contributed by atoms with Crippen molar-refractivity contribution in [3.63, 3.8) is 0 Å². The number of hydrogen-bond donors (Lipinski definition) is 2. The maximum Gasteiger partial charge on any atom is 0.335 e. The SMILES string of the molecule is O=C(O)c1cccc(C(=O)O)c1CCCOCc1ccccc1. The lowest BCUT2D eigenvalue weighted by molar-refractivity contribution is 0.0694. The standard InChI is InChI=1S/C18H18O5/c19-17(20)15-8-4-9-16(18(21)22)14(15)10-5-11-23-12-13-6-2-1-3-7-13/h1-4,6-9H,5,10-12H2,(H,19,20)(H,21,22). The molecule has 2 N–H and O–H groups in total. The van der Waals surface area contributed by atoms with Gasteiger partial charge in [-0.15, -0.1) is 0 Å². The highest BCUT2D eigenvalue weighted by atomic mass is 16.5. The summed E-state index contributed by atoms with van der Waals surface area (Å²) in [6.45, 7) is 0.912. The molecule has 0 heterocycles. The van der Waals surface area contributed by atoms with E-state index in [2.05, 4.69) is 0 Å². The van der Waals surface area contributed by atoms with Crippen molar-refractivity contribution in [1.29, 1.82) is 0 Å². The highest BCUT2D eigenvalue weighted by molar-refractivity contribution is 5.96. The van der Waals surface area contributed by atoms with Gasteiger partial charge >= 0.3 is 11.9 Å². The van der Waals surface area contributed by atoms with Crippen molar-refractivity contribution in [3.8, 4) is 0 Å². The molecule has 5 heteroatoms. The second-order valence-corrected chi connectivity index (χ2v) is 5.08.